The zero-order chi connectivity index (χ0) is 14.7. The Morgan fingerprint density at radius 2 is 1.90 bits per heavy atom. The molecule has 1 atom stereocenters. The first kappa shape index (κ1) is 15.8. The molecule has 1 unspecified atom stereocenters. The van der Waals surface area contributed by atoms with E-state index in [0.29, 0.717) is 16.1 Å². The number of nitrogens with one attached hydrogen (secondary N) is 1. The van der Waals surface area contributed by atoms with Gasteiger partial charge in [0.15, 0.2) is 0 Å². The van der Waals surface area contributed by atoms with E-state index in [2.05, 4.69) is 32.2 Å². The lowest BCUT2D eigenvalue weighted by atomic mass is 10.0. The highest BCUT2D eigenvalue weighted by molar-refractivity contribution is 7.12. The number of hydrogen-bond acceptors (Lipinski definition) is 2. The van der Waals surface area contributed by atoms with Crippen LogP contribution in [0.4, 0.5) is 0 Å². The smallest absolute Gasteiger partial charge is 0.0595 e. The normalized spacial score (nSPS) is 12.7. The van der Waals surface area contributed by atoms with Crippen molar-refractivity contribution in [2.75, 3.05) is 6.54 Å². The Bertz CT molecular complexity index is 592. The summed E-state index contributed by atoms with van der Waals surface area (Å²) in [5.74, 6) is 0. The van der Waals surface area contributed by atoms with Crippen LogP contribution in [0.1, 0.15) is 33.8 Å². The number of halogens is 2. The molecule has 0 fully saturated rings. The number of thiophene rings is 1. The van der Waals surface area contributed by atoms with Crippen molar-refractivity contribution < 1.29 is 0 Å². The fourth-order valence-corrected chi connectivity index (χ4v) is 3.84. The number of benzene rings is 1. The summed E-state index contributed by atoms with van der Waals surface area (Å²) in [4.78, 5) is 2.77. The van der Waals surface area contributed by atoms with Crippen LogP contribution in [0.5, 0.6) is 0 Å². The van der Waals surface area contributed by atoms with Crippen LogP contribution in [-0.2, 0) is 6.42 Å². The Kier molecular flexibility index (Phi) is 5.50. The van der Waals surface area contributed by atoms with Crippen LogP contribution in [-0.4, -0.2) is 6.54 Å². The minimum Gasteiger partial charge on any atom is -0.309 e. The first-order valence-corrected chi connectivity index (χ1v) is 8.32. The highest BCUT2D eigenvalue weighted by Gasteiger charge is 2.16. The standard InChI is InChI=1S/C16H19Cl2NS/c1-4-19-15(16-10(2)7-11(3)20-16)9-12-5-6-13(17)14(18)8-12/h5-8,15,19H,4,9H2,1-3H3. The average Bonchev–Trinajstić information content (AvgIpc) is 2.72. The van der Waals surface area contributed by atoms with E-state index in [1.165, 1.54) is 20.9 Å². The Hall–Kier alpha value is -0.540. The summed E-state index contributed by atoms with van der Waals surface area (Å²) in [6.07, 6.45) is 0.922. The maximum absolute atomic E-state index is 6.11. The molecule has 1 nitrogen and oxygen atoms in total. The molecule has 20 heavy (non-hydrogen) atoms. The van der Waals surface area contributed by atoms with Gasteiger partial charge in [0.1, 0.15) is 0 Å². The van der Waals surface area contributed by atoms with Crippen LogP contribution in [0.2, 0.25) is 10.0 Å². The largest absolute Gasteiger partial charge is 0.309 e. The fourth-order valence-electron chi connectivity index (χ4n) is 2.41. The highest BCUT2D eigenvalue weighted by atomic mass is 35.5. The lowest BCUT2D eigenvalue weighted by Crippen LogP contribution is -2.22. The average molecular weight is 328 g/mol. The van der Waals surface area contributed by atoms with Gasteiger partial charge in [0.05, 0.1) is 10.0 Å². The SMILES string of the molecule is CCNC(Cc1ccc(Cl)c(Cl)c1)c1sc(C)cc1C. The molecule has 108 valence electrons. The van der Waals surface area contributed by atoms with Gasteiger partial charge in [-0.2, -0.15) is 0 Å². The van der Waals surface area contributed by atoms with E-state index in [-0.39, 0.29) is 0 Å². The zero-order valence-electron chi connectivity index (χ0n) is 12.0. The van der Waals surface area contributed by atoms with Crippen LogP contribution in [0, 0.1) is 13.8 Å². The third-order valence-electron chi connectivity index (χ3n) is 3.27. The molecule has 0 saturated heterocycles. The van der Waals surface area contributed by atoms with E-state index in [9.17, 15) is 0 Å². The van der Waals surface area contributed by atoms with Crippen molar-refractivity contribution >= 4 is 34.5 Å². The summed E-state index contributed by atoms with van der Waals surface area (Å²) in [6, 6.07) is 8.46. The van der Waals surface area contributed by atoms with Crippen molar-refractivity contribution in [2.24, 2.45) is 0 Å². The van der Waals surface area contributed by atoms with Gasteiger partial charge in [-0.1, -0.05) is 36.2 Å². The van der Waals surface area contributed by atoms with Crippen LogP contribution in [0.15, 0.2) is 24.3 Å². The molecule has 2 aromatic rings. The third kappa shape index (κ3) is 3.76. The van der Waals surface area contributed by atoms with Crippen LogP contribution < -0.4 is 5.32 Å². The van der Waals surface area contributed by atoms with Gasteiger partial charge >= 0.3 is 0 Å². The molecule has 0 bridgehead atoms. The lowest BCUT2D eigenvalue weighted by Gasteiger charge is -2.18. The number of hydrogen-bond donors (Lipinski definition) is 1. The molecule has 0 aliphatic rings. The van der Waals surface area contributed by atoms with Gasteiger partial charge in [-0.3, -0.25) is 0 Å². The minimum atomic E-state index is 0.330. The van der Waals surface area contributed by atoms with E-state index in [0.717, 1.165) is 13.0 Å². The van der Waals surface area contributed by atoms with Crippen molar-refractivity contribution in [3.63, 3.8) is 0 Å². The zero-order valence-corrected chi connectivity index (χ0v) is 14.3. The minimum absolute atomic E-state index is 0.330. The summed E-state index contributed by atoms with van der Waals surface area (Å²) in [5.41, 5.74) is 2.56. The molecule has 2 rings (SSSR count). The van der Waals surface area contributed by atoms with E-state index >= 15 is 0 Å². The van der Waals surface area contributed by atoms with E-state index in [1.807, 2.05) is 29.5 Å². The second kappa shape index (κ2) is 6.95. The van der Waals surface area contributed by atoms with Crippen LogP contribution in [0.3, 0.4) is 0 Å². The van der Waals surface area contributed by atoms with Gasteiger partial charge in [-0.25, -0.2) is 0 Å². The Morgan fingerprint density at radius 1 is 1.15 bits per heavy atom. The molecule has 0 saturated carbocycles. The maximum Gasteiger partial charge on any atom is 0.0595 e. The highest BCUT2D eigenvalue weighted by Crippen LogP contribution is 2.31. The quantitative estimate of drug-likeness (QED) is 0.757. The van der Waals surface area contributed by atoms with Crippen molar-refractivity contribution in [2.45, 2.75) is 33.2 Å². The number of likely N-dealkylation sites (N-methyl/N-ethyl adjacent to an activating group) is 1. The second-order valence-corrected chi connectivity index (χ2v) is 7.07. The summed E-state index contributed by atoms with van der Waals surface area (Å²) < 4.78 is 0. The third-order valence-corrected chi connectivity index (χ3v) is 5.28. The number of rotatable bonds is 5. The molecular formula is C16H19Cl2NS. The van der Waals surface area contributed by atoms with Gasteiger partial charge in [0.2, 0.25) is 0 Å². The van der Waals surface area contributed by atoms with Gasteiger partial charge in [0, 0.05) is 15.8 Å². The van der Waals surface area contributed by atoms with Crippen molar-refractivity contribution in [1.29, 1.82) is 0 Å². The van der Waals surface area contributed by atoms with Gasteiger partial charge in [-0.05, 0) is 56.1 Å². The number of aryl methyl sites for hydroxylation is 2. The van der Waals surface area contributed by atoms with Gasteiger partial charge in [-0.15, -0.1) is 11.3 Å². The Balaban J connectivity index is 2.25. The molecule has 0 radical (unpaired) electrons. The molecule has 0 spiro atoms. The molecular weight excluding hydrogens is 309 g/mol. The van der Waals surface area contributed by atoms with Crippen molar-refractivity contribution in [3.8, 4) is 0 Å². The predicted molar refractivity (Wildman–Crippen MR) is 90.4 cm³/mol. The van der Waals surface area contributed by atoms with Crippen molar-refractivity contribution in [3.05, 3.63) is 55.2 Å². The topological polar surface area (TPSA) is 12.0 Å². The Labute approximate surface area is 134 Å². The van der Waals surface area contributed by atoms with Crippen LogP contribution >= 0.6 is 34.5 Å². The molecule has 1 N–H and O–H groups in total. The van der Waals surface area contributed by atoms with Crippen molar-refractivity contribution in [1.82, 2.24) is 5.32 Å². The summed E-state index contributed by atoms with van der Waals surface area (Å²) in [7, 11) is 0. The molecule has 4 heteroatoms. The first-order valence-electron chi connectivity index (χ1n) is 6.75. The van der Waals surface area contributed by atoms with Crippen LogP contribution in [0.25, 0.3) is 0 Å². The molecule has 1 heterocycles. The fraction of sp³-hybridized carbons (Fsp3) is 0.375. The Morgan fingerprint density at radius 3 is 2.45 bits per heavy atom. The maximum atomic E-state index is 6.11. The van der Waals surface area contributed by atoms with E-state index in [4.69, 9.17) is 23.2 Å². The predicted octanol–water partition coefficient (Wildman–Crippen LogP) is 5.57. The first-order chi connectivity index (χ1) is 9.51. The molecule has 1 aromatic heterocycles. The molecule has 0 aliphatic heterocycles. The second-order valence-electron chi connectivity index (χ2n) is 4.97. The van der Waals surface area contributed by atoms with Gasteiger partial charge in [0.25, 0.3) is 0 Å². The lowest BCUT2D eigenvalue weighted by molar-refractivity contribution is 0.556. The van der Waals surface area contributed by atoms with E-state index in [1.54, 1.807) is 0 Å². The van der Waals surface area contributed by atoms with E-state index < -0.39 is 0 Å². The summed E-state index contributed by atoms with van der Waals surface area (Å²) in [5, 5.41) is 4.80. The monoisotopic (exact) mass is 327 g/mol. The van der Waals surface area contributed by atoms with Gasteiger partial charge < -0.3 is 5.32 Å². The summed E-state index contributed by atoms with van der Waals surface area (Å²) in [6.45, 7) is 7.42. The molecule has 0 amide bonds. The molecule has 0 aliphatic carbocycles. The molecule has 1 aromatic carbocycles. The summed E-state index contributed by atoms with van der Waals surface area (Å²) >= 11 is 14.0.